The zero-order valence-corrected chi connectivity index (χ0v) is 14.4. The highest BCUT2D eigenvalue weighted by Gasteiger charge is 2.52. The minimum atomic E-state index is -0.467. The first kappa shape index (κ1) is 17.7. The van der Waals surface area contributed by atoms with Gasteiger partial charge in [-0.1, -0.05) is 18.2 Å². The van der Waals surface area contributed by atoms with Crippen molar-refractivity contribution < 1.29 is 18.8 Å². The molecular weight excluding hydrogens is 293 g/mol. The van der Waals surface area contributed by atoms with Crippen LogP contribution in [0.25, 0.3) is 6.08 Å². The van der Waals surface area contributed by atoms with Crippen LogP contribution in [0.4, 0.5) is 0 Å². The average molecular weight is 317 g/mol. The maximum atomic E-state index is 11.5. The first-order valence-corrected chi connectivity index (χ1v) is 7.65. The van der Waals surface area contributed by atoms with Gasteiger partial charge in [0.2, 0.25) is 0 Å². The average Bonchev–Trinajstić information content (AvgIpc) is 2.72. The van der Waals surface area contributed by atoms with Crippen LogP contribution in [0.1, 0.15) is 43.6 Å². The lowest BCUT2D eigenvalue weighted by molar-refractivity contribution is 0.00578. The Bertz CT molecular complexity index is 592. The van der Waals surface area contributed by atoms with Crippen molar-refractivity contribution in [3.63, 3.8) is 0 Å². The lowest BCUT2D eigenvalue weighted by Gasteiger charge is -2.32. The van der Waals surface area contributed by atoms with Crippen molar-refractivity contribution in [1.82, 2.24) is 0 Å². The van der Waals surface area contributed by atoms with E-state index in [1.165, 1.54) is 7.11 Å². The van der Waals surface area contributed by atoms with E-state index in [0.29, 0.717) is 12.1 Å². The summed E-state index contributed by atoms with van der Waals surface area (Å²) in [6.45, 7) is 8.35. The molecule has 0 saturated carbocycles. The van der Waals surface area contributed by atoms with Crippen LogP contribution < -0.4 is 5.73 Å². The molecule has 1 aliphatic rings. The predicted octanol–water partition coefficient (Wildman–Crippen LogP) is 2.45. The molecule has 0 atom stereocenters. The summed E-state index contributed by atoms with van der Waals surface area (Å²) in [5.41, 5.74) is 7.36. The third kappa shape index (κ3) is 3.66. The molecular formula is C17H24BNO4. The zero-order chi connectivity index (χ0) is 17.3. The van der Waals surface area contributed by atoms with Gasteiger partial charge in [-0.2, -0.15) is 0 Å². The standard InChI is InChI=1S/C17H24BNO4/c1-16(2)17(3,4)23-18(22-16)14(11-19)10-12-6-8-13(9-7-12)15(20)21-5/h6-10H,11,19H2,1-5H3. The van der Waals surface area contributed by atoms with Gasteiger partial charge in [-0.15, -0.1) is 0 Å². The third-order valence-corrected chi connectivity index (χ3v) is 4.48. The number of carbonyl (C=O) groups is 1. The first-order valence-electron chi connectivity index (χ1n) is 7.65. The SMILES string of the molecule is COC(=O)c1ccc(C=C(CN)B2OC(C)(C)C(C)(C)O2)cc1. The molecule has 0 radical (unpaired) electrons. The Morgan fingerprint density at radius 1 is 1.17 bits per heavy atom. The molecule has 0 aliphatic carbocycles. The number of methoxy groups -OCH3 is 1. The topological polar surface area (TPSA) is 70.8 Å². The Morgan fingerprint density at radius 2 is 1.70 bits per heavy atom. The quantitative estimate of drug-likeness (QED) is 0.682. The number of carbonyl (C=O) groups excluding carboxylic acids is 1. The second kappa shape index (κ2) is 6.47. The summed E-state index contributed by atoms with van der Waals surface area (Å²) < 4.78 is 16.7. The molecule has 1 aromatic rings. The van der Waals surface area contributed by atoms with Gasteiger partial charge in [-0.3, -0.25) is 0 Å². The van der Waals surface area contributed by atoms with E-state index in [1.807, 2.05) is 45.9 Å². The lowest BCUT2D eigenvalue weighted by atomic mass is 9.77. The van der Waals surface area contributed by atoms with Crippen LogP contribution in [0.3, 0.4) is 0 Å². The van der Waals surface area contributed by atoms with Gasteiger partial charge in [-0.25, -0.2) is 4.79 Å². The molecule has 1 heterocycles. The molecule has 0 bridgehead atoms. The maximum Gasteiger partial charge on any atom is 0.491 e. The number of benzene rings is 1. The molecule has 0 aromatic heterocycles. The summed E-state index contributed by atoms with van der Waals surface area (Å²) in [5, 5.41) is 0. The summed E-state index contributed by atoms with van der Waals surface area (Å²) in [4.78, 5) is 11.5. The molecule has 1 fully saturated rings. The minimum Gasteiger partial charge on any atom is -0.465 e. The number of ether oxygens (including phenoxy) is 1. The number of esters is 1. The van der Waals surface area contributed by atoms with Crippen molar-refractivity contribution in [3.8, 4) is 0 Å². The number of hydrogen-bond donors (Lipinski definition) is 1. The van der Waals surface area contributed by atoms with E-state index in [2.05, 4.69) is 0 Å². The second-order valence-electron chi connectivity index (χ2n) is 6.63. The van der Waals surface area contributed by atoms with Crippen LogP contribution in [0, 0.1) is 0 Å². The van der Waals surface area contributed by atoms with Gasteiger partial charge in [-0.05, 0) is 50.9 Å². The third-order valence-electron chi connectivity index (χ3n) is 4.48. The molecule has 0 amide bonds. The molecule has 23 heavy (non-hydrogen) atoms. The summed E-state index contributed by atoms with van der Waals surface area (Å²) in [6.07, 6.45) is 1.93. The van der Waals surface area contributed by atoms with Gasteiger partial charge < -0.3 is 19.8 Å². The van der Waals surface area contributed by atoms with Crippen molar-refractivity contribution in [2.24, 2.45) is 5.73 Å². The number of hydrogen-bond acceptors (Lipinski definition) is 5. The predicted molar refractivity (Wildman–Crippen MR) is 90.9 cm³/mol. The Labute approximate surface area is 137 Å². The van der Waals surface area contributed by atoms with Crippen molar-refractivity contribution in [1.29, 1.82) is 0 Å². The molecule has 5 nitrogen and oxygen atoms in total. The molecule has 6 heteroatoms. The van der Waals surface area contributed by atoms with Crippen LogP contribution in [-0.4, -0.2) is 37.9 Å². The lowest BCUT2D eigenvalue weighted by Crippen LogP contribution is -2.41. The monoisotopic (exact) mass is 317 g/mol. The zero-order valence-electron chi connectivity index (χ0n) is 14.4. The first-order chi connectivity index (χ1) is 10.7. The smallest absolute Gasteiger partial charge is 0.465 e. The maximum absolute atomic E-state index is 11.5. The Balaban J connectivity index is 2.21. The minimum absolute atomic E-state index is 0.329. The van der Waals surface area contributed by atoms with Gasteiger partial charge in [0, 0.05) is 6.54 Å². The summed E-state index contributed by atoms with van der Waals surface area (Å²) in [7, 11) is 0.895. The Kier molecular flexibility index (Phi) is 4.99. The fourth-order valence-electron chi connectivity index (χ4n) is 2.26. The van der Waals surface area contributed by atoms with E-state index in [9.17, 15) is 4.79 Å². The fourth-order valence-corrected chi connectivity index (χ4v) is 2.26. The van der Waals surface area contributed by atoms with Crippen LogP contribution in [-0.2, 0) is 14.0 Å². The van der Waals surface area contributed by atoms with Gasteiger partial charge in [0.05, 0.1) is 23.9 Å². The van der Waals surface area contributed by atoms with E-state index >= 15 is 0 Å². The Hall–Kier alpha value is -1.63. The molecule has 0 unspecified atom stereocenters. The Morgan fingerprint density at radius 3 is 2.13 bits per heavy atom. The molecule has 0 spiro atoms. The van der Waals surface area contributed by atoms with Crippen molar-refractivity contribution in [2.75, 3.05) is 13.7 Å². The highest BCUT2D eigenvalue weighted by Crippen LogP contribution is 2.38. The van der Waals surface area contributed by atoms with Crippen LogP contribution in [0.15, 0.2) is 29.7 Å². The van der Waals surface area contributed by atoms with Crippen molar-refractivity contribution in [3.05, 3.63) is 40.9 Å². The van der Waals surface area contributed by atoms with Gasteiger partial charge in [0.1, 0.15) is 0 Å². The second-order valence-corrected chi connectivity index (χ2v) is 6.63. The van der Waals surface area contributed by atoms with Crippen LogP contribution >= 0.6 is 0 Å². The van der Waals surface area contributed by atoms with Gasteiger partial charge in [0.25, 0.3) is 0 Å². The van der Waals surface area contributed by atoms with E-state index in [0.717, 1.165) is 11.0 Å². The number of nitrogens with two attached hydrogens (primary N) is 1. The largest absolute Gasteiger partial charge is 0.491 e. The van der Waals surface area contributed by atoms with Gasteiger partial charge in [0.15, 0.2) is 0 Å². The summed E-state index contributed by atoms with van der Waals surface area (Å²) >= 11 is 0. The van der Waals surface area contributed by atoms with Crippen molar-refractivity contribution in [2.45, 2.75) is 38.9 Å². The summed E-state index contributed by atoms with van der Waals surface area (Å²) in [5.74, 6) is -0.356. The normalized spacial score (nSPS) is 19.7. The van der Waals surface area contributed by atoms with Gasteiger partial charge >= 0.3 is 13.1 Å². The van der Waals surface area contributed by atoms with E-state index < -0.39 is 18.3 Å². The van der Waals surface area contributed by atoms with E-state index in [1.54, 1.807) is 12.1 Å². The highest BCUT2D eigenvalue weighted by atomic mass is 16.7. The molecule has 1 saturated heterocycles. The summed E-state index contributed by atoms with van der Waals surface area (Å²) in [6, 6.07) is 7.12. The van der Waals surface area contributed by atoms with E-state index in [4.69, 9.17) is 19.8 Å². The number of rotatable bonds is 4. The molecule has 2 rings (SSSR count). The molecule has 1 aliphatic heterocycles. The van der Waals surface area contributed by atoms with Crippen LogP contribution in [0.5, 0.6) is 0 Å². The highest BCUT2D eigenvalue weighted by molar-refractivity contribution is 6.55. The fraction of sp³-hybridized carbons (Fsp3) is 0.471. The molecule has 2 N–H and O–H groups in total. The van der Waals surface area contributed by atoms with E-state index in [-0.39, 0.29) is 5.97 Å². The van der Waals surface area contributed by atoms with Crippen LogP contribution in [0.2, 0.25) is 0 Å². The van der Waals surface area contributed by atoms with Crippen molar-refractivity contribution >= 4 is 19.2 Å². The molecule has 124 valence electrons. The molecule has 1 aromatic carbocycles.